The van der Waals surface area contributed by atoms with E-state index in [0.717, 1.165) is 18.7 Å². The standard InChI is InChI=1S/C15H20N2OS/c1-3-8-17-15(14-10-16-11-19-14)12-6-5-7-13(9-12)18-4-2/h5-7,9-11,15,17H,3-4,8H2,1-2H3. The molecule has 19 heavy (non-hydrogen) atoms. The summed E-state index contributed by atoms with van der Waals surface area (Å²) in [4.78, 5) is 5.42. The van der Waals surface area contributed by atoms with E-state index in [0.29, 0.717) is 6.61 Å². The molecule has 1 aromatic carbocycles. The van der Waals surface area contributed by atoms with Crippen molar-refractivity contribution < 1.29 is 4.74 Å². The molecular weight excluding hydrogens is 256 g/mol. The molecule has 1 N–H and O–H groups in total. The maximum absolute atomic E-state index is 5.58. The van der Waals surface area contributed by atoms with Crippen molar-refractivity contribution in [2.45, 2.75) is 26.3 Å². The van der Waals surface area contributed by atoms with Gasteiger partial charge in [0.05, 0.1) is 18.2 Å². The first-order valence-corrected chi connectivity index (χ1v) is 7.57. The Labute approximate surface area is 118 Å². The summed E-state index contributed by atoms with van der Waals surface area (Å²) in [5.41, 5.74) is 3.10. The number of aromatic nitrogens is 1. The SMILES string of the molecule is CCCNC(c1cccc(OCC)c1)c1cncs1. The molecule has 0 saturated heterocycles. The van der Waals surface area contributed by atoms with Gasteiger partial charge in [-0.1, -0.05) is 19.1 Å². The maximum Gasteiger partial charge on any atom is 0.119 e. The summed E-state index contributed by atoms with van der Waals surface area (Å²) in [5.74, 6) is 0.924. The predicted octanol–water partition coefficient (Wildman–Crippen LogP) is 3.63. The van der Waals surface area contributed by atoms with Crippen LogP contribution in [0.25, 0.3) is 0 Å². The van der Waals surface area contributed by atoms with Gasteiger partial charge in [-0.2, -0.15) is 0 Å². The third kappa shape index (κ3) is 3.78. The van der Waals surface area contributed by atoms with Crippen LogP contribution in [0.4, 0.5) is 0 Å². The van der Waals surface area contributed by atoms with Crippen LogP contribution in [0.3, 0.4) is 0 Å². The molecule has 4 heteroatoms. The highest BCUT2D eigenvalue weighted by molar-refractivity contribution is 7.09. The number of ether oxygens (including phenoxy) is 1. The second-order valence-electron chi connectivity index (χ2n) is 4.30. The van der Waals surface area contributed by atoms with Gasteiger partial charge in [-0.15, -0.1) is 11.3 Å². The van der Waals surface area contributed by atoms with Gasteiger partial charge in [0.1, 0.15) is 5.75 Å². The third-order valence-corrected chi connectivity index (χ3v) is 3.68. The number of hydrogen-bond donors (Lipinski definition) is 1. The van der Waals surface area contributed by atoms with Crippen LogP contribution in [0, 0.1) is 0 Å². The van der Waals surface area contributed by atoms with Gasteiger partial charge in [-0.3, -0.25) is 4.98 Å². The lowest BCUT2D eigenvalue weighted by Gasteiger charge is -2.18. The van der Waals surface area contributed by atoms with Crippen LogP contribution in [0.5, 0.6) is 5.75 Å². The van der Waals surface area contributed by atoms with Gasteiger partial charge >= 0.3 is 0 Å². The van der Waals surface area contributed by atoms with Crippen molar-refractivity contribution in [3.05, 3.63) is 46.4 Å². The van der Waals surface area contributed by atoms with Crippen molar-refractivity contribution in [3.63, 3.8) is 0 Å². The monoisotopic (exact) mass is 276 g/mol. The van der Waals surface area contributed by atoms with Crippen molar-refractivity contribution in [2.75, 3.05) is 13.2 Å². The highest BCUT2D eigenvalue weighted by atomic mass is 32.1. The van der Waals surface area contributed by atoms with Gasteiger partial charge in [-0.05, 0) is 37.6 Å². The van der Waals surface area contributed by atoms with Crippen LogP contribution in [0.2, 0.25) is 0 Å². The Balaban J connectivity index is 2.24. The molecule has 0 saturated carbocycles. The number of benzene rings is 1. The van der Waals surface area contributed by atoms with Crippen molar-refractivity contribution >= 4 is 11.3 Å². The smallest absolute Gasteiger partial charge is 0.119 e. The Bertz CT molecular complexity index is 485. The van der Waals surface area contributed by atoms with E-state index < -0.39 is 0 Å². The maximum atomic E-state index is 5.58. The van der Waals surface area contributed by atoms with E-state index in [1.165, 1.54) is 10.4 Å². The molecule has 2 aromatic rings. The van der Waals surface area contributed by atoms with Crippen LogP contribution in [0.1, 0.15) is 36.8 Å². The first-order chi connectivity index (χ1) is 9.35. The average Bonchev–Trinajstić information content (AvgIpc) is 2.94. The minimum Gasteiger partial charge on any atom is -0.494 e. The van der Waals surface area contributed by atoms with Crippen LogP contribution in [-0.4, -0.2) is 18.1 Å². The quantitative estimate of drug-likeness (QED) is 0.838. The van der Waals surface area contributed by atoms with Gasteiger partial charge in [0.25, 0.3) is 0 Å². The average molecular weight is 276 g/mol. The molecule has 0 radical (unpaired) electrons. The van der Waals surface area contributed by atoms with Crippen LogP contribution in [0.15, 0.2) is 36.0 Å². The molecule has 1 atom stereocenters. The van der Waals surface area contributed by atoms with E-state index in [2.05, 4.69) is 29.4 Å². The molecule has 3 nitrogen and oxygen atoms in total. The summed E-state index contributed by atoms with van der Waals surface area (Å²) >= 11 is 1.68. The second kappa shape index (κ2) is 7.26. The number of nitrogens with zero attached hydrogens (tertiary/aromatic N) is 1. The summed E-state index contributed by atoms with van der Waals surface area (Å²) in [5, 5.41) is 3.57. The Kier molecular flexibility index (Phi) is 5.36. The normalized spacial score (nSPS) is 12.3. The third-order valence-electron chi connectivity index (χ3n) is 2.84. The second-order valence-corrected chi connectivity index (χ2v) is 5.21. The van der Waals surface area contributed by atoms with E-state index in [4.69, 9.17) is 4.74 Å². The lowest BCUT2D eigenvalue weighted by molar-refractivity contribution is 0.339. The summed E-state index contributed by atoms with van der Waals surface area (Å²) in [7, 11) is 0. The molecule has 0 aliphatic heterocycles. The number of nitrogens with one attached hydrogen (secondary N) is 1. The van der Waals surface area contributed by atoms with E-state index in [-0.39, 0.29) is 6.04 Å². The highest BCUT2D eigenvalue weighted by Crippen LogP contribution is 2.27. The van der Waals surface area contributed by atoms with Crippen LogP contribution < -0.4 is 10.1 Å². The molecular formula is C15H20N2OS. The van der Waals surface area contributed by atoms with Crippen molar-refractivity contribution in [2.24, 2.45) is 0 Å². The summed E-state index contributed by atoms with van der Waals surface area (Å²) < 4.78 is 5.58. The fourth-order valence-electron chi connectivity index (χ4n) is 1.99. The largest absolute Gasteiger partial charge is 0.494 e. The highest BCUT2D eigenvalue weighted by Gasteiger charge is 2.15. The fraction of sp³-hybridized carbons (Fsp3) is 0.400. The minimum absolute atomic E-state index is 0.202. The molecule has 2 rings (SSSR count). The van der Waals surface area contributed by atoms with Gasteiger partial charge in [0, 0.05) is 11.1 Å². The van der Waals surface area contributed by atoms with Gasteiger partial charge in [0.15, 0.2) is 0 Å². The molecule has 0 bridgehead atoms. The molecule has 1 unspecified atom stereocenters. The fourth-order valence-corrected chi connectivity index (χ4v) is 2.71. The van der Waals surface area contributed by atoms with Crippen molar-refractivity contribution in [3.8, 4) is 5.75 Å². The number of rotatable bonds is 7. The van der Waals surface area contributed by atoms with E-state index in [9.17, 15) is 0 Å². The first kappa shape index (κ1) is 14.0. The molecule has 0 fully saturated rings. The summed E-state index contributed by atoms with van der Waals surface area (Å²) in [6, 6.07) is 8.48. The van der Waals surface area contributed by atoms with E-state index in [1.54, 1.807) is 11.3 Å². The molecule has 0 spiro atoms. The van der Waals surface area contributed by atoms with E-state index in [1.807, 2.05) is 30.8 Å². The predicted molar refractivity (Wildman–Crippen MR) is 79.9 cm³/mol. The van der Waals surface area contributed by atoms with Crippen LogP contribution in [-0.2, 0) is 0 Å². The molecule has 1 aromatic heterocycles. The van der Waals surface area contributed by atoms with Gasteiger partial charge in [0.2, 0.25) is 0 Å². The molecule has 0 amide bonds. The Morgan fingerprint density at radius 3 is 2.95 bits per heavy atom. The summed E-state index contributed by atoms with van der Waals surface area (Å²) in [6.45, 7) is 5.86. The Morgan fingerprint density at radius 1 is 1.37 bits per heavy atom. The molecule has 102 valence electrons. The topological polar surface area (TPSA) is 34.1 Å². The first-order valence-electron chi connectivity index (χ1n) is 6.69. The molecule has 0 aliphatic carbocycles. The van der Waals surface area contributed by atoms with Crippen molar-refractivity contribution in [1.29, 1.82) is 0 Å². The zero-order valence-corrected chi connectivity index (χ0v) is 12.2. The lowest BCUT2D eigenvalue weighted by Crippen LogP contribution is -2.22. The number of hydrogen-bond acceptors (Lipinski definition) is 4. The minimum atomic E-state index is 0.202. The van der Waals surface area contributed by atoms with Gasteiger partial charge in [-0.25, -0.2) is 0 Å². The van der Waals surface area contributed by atoms with Crippen molar-refractivity contribution in [1.82, 2.24) is 10.3 Å². The summed E-state index contributed by atoms with van der Waals surface area (Å²) in [6.07, 6.45) is 3.05. The van der Waals surface area contributed by atoms with E-state index >= 15 is 0 Å². The zero-order chi connectivity index (χ0) is 13.5. The lowest BCUT2D eigenvalue weighted by atomic mass is 10.1. The van der Waals surface area contributed by atoms with Crippen LogP contribution >= 0.6 is 11.3 Å². The Hall–Kier alpha value is -1.39. The zero-order valence-electron chi connectivity index (χ0n) is 11.4. The Morgan fingerprint density at radius 2 is 2.26 bits per heavy atom. The number of thiazole rings is 1. The molecule has 1 heterocycles. The van der Waals surface area contributed by atoms with Gasteiger partial charge < -0.3 is 10.1 Å². The molecule has 0 aliphatic rings.